The average molecular weight is 374 g/mol. The number of benzene rings is 1. The van der Waals surface area contributed by atoms with Gasteiger partial charge < -0.3 is 9.80 Å². The second-order valence-electron chi connectivity index (χ2n) is 7.60. The highest BCUT2D eigenvalue weighted by atomic mass is 32.2. The average Bonchev–Trinajstić information content (AvgIpc) is 2.59. The van der Waals surface area contributed by atoms with E-state index in [2.05, 4.69) is 32.3 Å². The number of allylic oxidation sites excluding steroid dienone is 2. The lowest BCUT2D eigenvalue weighted by molar-refractivity contribution is 0.190. The molecule has 0 N–H and O–H groups in total. The molecule has 1 saturated heterocycles. The van der Waals surface area contributed by atoms with Gasteiger partial charge in [0.2, 0.25) is 9.84 Å². The van der Waals surface area contributed by atoms with Gasteiger partial charge in [0.25, 0.3) is 0 Å². The molecule has 0 aliphatic carbocycles. The van der Waals surface area contributed by atoms with Gasteiger partial charge in [-0.05, 0) is 36.2 Å². The van der Waals surface area contributed by atoms with Gasteiger partial charge in [-0.15, -0.1) is 0 Å². The van der Waals surface area contributed by atoms with E-state index in [1.807, 2.05) is 30.1 Å². The van der Waals surface area contributed by atoms with Gasteiger partial charge in [-0.25, -0.2) is 8.42 Å². The fourth-order valence-corrected chi connectivity index (χ4v) is 4.26. The first-order chi connectivity index (χ1) is 12.1. The van der Waals surface area contributed by atoms with Crippen molar-refractivity contribution in [3.8, 4) is 6.07 Å². The predicted molar refractivity (Wildman–Crippen MR) is 104 cm³/mol. The van der Waals surface area contributed by atoms with Crippen LogP contribution in [-0.4, -0.2) is 51.4 Å². The molecular weight excluding hydrogens is 346 g/mol. The number of likely N-dealkylation sites (N-methyl/N-ethyl adjacent to an activating group) is 1. The second kappa shape index (κ2) is 7.65. The van der Waals surface area contributed by atoms with Gasteiger partial charge in [-0.3, -0.25) is 0 Å². The molecule has 0 aromatic heterocycles. The summed E-state index contributed by atoms with van der Waals surface area (Å²) in [5.41, 5.74) is 1.37. The highest BCUT2D eigenvalue weighted by molar-refractivity contribution is 7.95. The van der Waals surface area contributed by atoms with Gasteiger partial charge in [0.15, 0.2) is 4.91 Å². The lowest BCUT2D eigenvalue weighted by Gasteiger charge is -2.34. The molecule has 1 aromatic rings. The third-order valence-electron chi connectivity index (χ3n) is 4.67. The van der Waals surface area contributed by atoms with Crippen molar-refractivity contribution in [3.05, 3.63) is 53.1 Å². The summed E-state index contributed by atoms with van der Waals surface area (Å²) in [7, 11) is -1.87. The van der Waals surface area contributed by atoms with Crippen molar-refractivity contribution < 1.29 is 8.42 Å². The fraction of sp³-hybridized carbons (Fsp3) is 0.450. The van der Waals surface area contributed by atoms with Crippen molar-refractivity contribution in [3.63, 3.8) is 0 Å². The van der Waals surface area contributed by atoms with E-state index < -0.39 is 9.84 Å². The third kappa shape index (κ3) is 4.17. The minimum absolute atomic E-state index is 0.0672. The summed E-state index contributed by atoms with van der Waals surface area (Å²) in [4.78, 5) is 3.99. The minimum atomic E-state index is -3.90. The van der Waals surface area contributed by atoms with Gasteiger partial charge >= 0.3 is 0 Å². The molecule has 1 aromatic carbocycles. The Morgan fingerprint density at radius 3 is 2.12 bits per heavy atom. The van der Waals surface area contributed by atoms with E-state index >= 15 is 0 Å². The van der Waals surface area contributed by atoms with E-state index in [-0.39, 0.29) is 15.2 Å². The molecule has 0 unspecified atom stereocenters. The van der Waals surface area contributed by atoms with Crippen LogP contribution in [0, 0.1) is 11.3 Å². The molecule has 1 heterocycles. The van der Waals surface area contributed by atoms with E-state index in [1.54, 1.807) is 12.1 Å². The van der Waals surface area contributed by atoms with Gasteiger partial charge in [-0.1, -0.05) is 39.5 Å². The zero-order chi connectivity index (χ0) is 19.5. The number of hydrogen-bond donors (Lipinski definition) is 0. The van der Waals surface area contributed by atoms with Gasteiger partial charge in [0.1, 0.15) is 6.07 Å². The molecule has 0 saturated carbocycles. The Balaban J connectivity index is 2.46. The van der Waals surface area contributed by atoms with Crippen LogP contribution < -0.4 is 0 Å². The lowest BCUT2D eigenvalue weighted by atomic mass is 9.87. The van der Waals surface area contributed by atoms with Gasteiger partial charge in [-0.2, -0.15) is 5.26 Å². The molecule has 1 aliphatic heterocycles. The Morgan fingerprint density at radius 1 is 1.15 bits per heavy atom. The summed E-state index contributed by atoms with van der Waals surface area (Å²) in [6.45, 7) is 12.9. The smallest absolute Gasteiger partial charge is 0.218 e. The molecule has 140 valence electrons. The van der Waals surface area contributed by atoms with Gasteiger partial charge in [0.05, 0.1) is 10.6 Å². The van der Waals surface area contributed by atoms with E-state index in [4.69, 9.17) is 0 Å². The molecular formula is C20H27N3O2S. The molecule has 0 spiro atoms. The summed E-state index contributed by atoms with van der Waals surface area (Å²) in [5, 5.41) is 9.62. The maximum absolute atomic E-state index is 13.1. The van der Waals surface area contributed by atoms with Crippen LogP contribution >= 0.6 is 0 Å². The van der Waals surface area contributed by atoms with Crippen molar-refractivity contribution in [2.24, 2.45) is 0 Å². The minimum Gasteiger partial charge on any atom is -0.367 e. The third-order valence-corrected chi connectivity index (χ3v) is 6.40. The maximum atomic E-state index is 13.1. The second-order valence-corrected chi connectivity index (χ2v) is 9.48. The van der Waals surface area contributed by atoms with Crippen molar-refractivity contribution in [1.29, 1.82) is 5.26 Å². The number of rotatable bonds is 4. The van der Waals surface area contributed by atoms with Crippen molar-refractivity contribution >= 4 is 9.84 Å². The highest BCUT2D eigenvalue weighted by Crippen LogP contribution is 2.28. The lowest BCUT2D eigenvalue weighted by Crippen LogP contribution is -2.44. The molecule has 0 amide bonds. The van der Waals surface area contributed by atoms with Crippen LogP contribution in [0.25, 0.3) is 0 Å². The van der Waals surface area contributed by atoms with Crippen LogP contribution in [0.1, 0.15) is 26.3 Å². The monoisotopic (exact) mass is 373 g/mol. The highest BCUT2D eigenvalue weighted by Gasteiger charge is 2.28. The van der Waals surface area contributed by atoms with Crippen LogP contribution in [0.2, 0.25) is 0 Å². The normalized spacial score (nSPS) is 17.4. The first-order valence-corrected chi connectivity index (χ1v) is 10.2. The number of hydrogen-bond acceptors (Lipinski definition) is 5. The summed E-state index contributed by atoms with van der Waals surface area (Å²) in [5.74, 6) is 0. The van der Waals surface area contributed by atoms with Crippen LogP contribution in [0.3, 0.4) is 0 Å². The van der Waals surface area contributed by atoms with Crippen molar-refractivity contribution in [2.75, 3.05) is 33.2 Å². The molecule has 5 nitrogen and oxygen atoms in total. The summed E-state index contributed by atoms with van der Waals surface area (Å²) < 4.78 is 26.1. The number of piperazine rings is 1. The van der Waals surface area contributed by atoms with E-state index in [0.717, 1.165) is 18.7 Å². The maximum Gasteiger partial charge on any atom is 0.218 e. The number of nitrogens with zero attached hydrogens (tertiary/aromatic N) is 3. The van der Waals surface area contributed by atoms with E-state index in [0.29, 0.717) is 18.8 Å². The van der Waals surface area contributed by atoms with Crippen LogP contribution in [0.5, 0.6) is 0 Å². The van der Waals surface area contributed by atoms with E-state index in [1.165, 1.54) is 6.08 Å². The Labute approximate surface area is 157 Å². The first-order valence-electron chi connectivity index (χ1n) is 8.67. The molecule has 26 heavy (non-hydrogen) atoms. The fourth-order valence-electron chi connectivity index (χ4n) is 2.92. The molecule has 6 heteroatoms. The number of sulfone groups is 1. The largest absolute Gasteiger partial charge is 0.367 e. The predicted octanol–water partition coefficient (Wildman–Crippen LogP) is 2.93. The Bertz CT molecular complexity index is 833. The summed E-state index contributed by atoms with van der Waals surface area (Å²) in [6, 6.07) is 8.69. The Hall–Kier alpha value is -2.10. The Morgan fingerprint density at radius 2 is 1.69 bits per heavy atom. The summed E-state index contributed by atoms with van der Waals surface area (Å²) in [6.07, 6.45) is 1.48. The van der Waals surface area contributed by atoms with Crippen molar-refractivity contribution in [2.45, 2.75) is 31.1 Å². The molecule has 1 fully saturated rings. The topological polar surface area (TPSA) is 64.4 Å². The van der Waals surface area contributed by atoms with Crippen LogP contribution in [-0.2, 0) is 15.3 Å². The Kier molecular flexibility index (Phi) is 5.94. The van der Waals surface area contributed by atoms with E-state index in [9.17, 15) is 13.7 Å². The standard InChI is InChI=1S/C20H27N3O2S/c1-6-18(23-13-11-22(5)12-14-23)19(15-21)26(24,25)17-9-7-16(8-10-17)20(2,3)4/h6-10H,1,11-14H2,2-5H3. The first kappa shape index (κ1) is 20.2. The van der Waals surface area contributed by atoms with Crippen LogP contribution in [0.15, 0.2) is 52.4 Å². The number of nitriles is 1. The summed E-state index contributed by atoms with van der Waals surface area (Å²) >= 11 is 0. The SMILES string of the molecule is C=CC(=C(C#N)S(=O)(=O)c1ccc(C(C)(C)C)cc1)N1CCN(C)CC1. The molecule has 1 aliphatic rings. The van der Waals surface area contributed by atoms with Gasteiger partial charge in [0, 0.05) is 26.2 Å². The molecule has 2 rings (SSSR count). The molecule has 0 bridgehead atoms. The molecule has 0 atom stereocenters. The molecule has 0 radical (unpaired) electrons. The van der Waals surface area contributed by atoms with Crippen LogP contribution in [0.4, 0.5) is 0 Å². The van der Waals surface area contributed by atoms with Crippen molar-refractivity contribution in [1.82, 2.24) is 9.80 Å². The zero-order valence-corrected chi connectivity index (χ0v) is 16.8. The quantitative estimate of drug-likeness (QED) is 0.600. The zero-order valence-electron chi connectivity index (χ0n) is 16.0.